The second-order valence-electron chi connectivity index (χ2n) is 3.08. The molecule has 2 rings (SSSR count). The first-order valence-electron chi connectivity index (χ1n) is 4.21. The second kappa shape index (κ2) is 3.14. The third kappa shape index (κ3) is 1.37. The molecule has 4 nitrogen and oxygen atoms in total. The van der Waals surface area contributed by atoms with E-state index in [9.17, 15) is 4.79 Å². The van der Waals surface area contributed by atoms with Crippen molar-refractivity contribution in [2.24, 2.45) is 0 Å². The van der Waals surface area contributed by atoms with Gasteiger partial charge in [-0.05, 0) is 29.3 Å². The molecular formula is C8H10BrN3O. The molecular weight excluding hydrogens is 234 g/mol. The van der Waals surface area contributed by atoms with Gasteiger partial charge in [0, 0.05) is 13.1 Å². The molecule has 0 saturated carbocycles. The summed E-state index contributed by atoms with van der Waals surface area (Å²) >= 11 is 3.37. The van der Waals surface area contributed by atoms with Crippen LogP contribution in [0.1, 0.15) is 22.6 Å². The van der Waals surface area contributed by atoms with Crippen LogP contribution in [-0.2, 0) is 6.54 Å². The number of amides is 1. The van der Waals surface area contributed by atoms with Crippen molar-refractivity contribution in [1.29, 1.82) is 0 Å². The van der Waals surface area contributed by atoms with Gasteiger partial charge < -0.3 is 5.32 Å². The summed E-state index contributed by atoms with van der Waals surface area (Å²) in [5.41, 5.74) is 1.52. The first-order valence-corrected chi connectivity index (χ1v) is 5.00. The van der Waals surface area contributed by atoms with E-state index in [0.717, 1.165) is 29.7 Å². The lowest BCUT2D eigenvalue weighted by atomic mass is 10.3. The molecule has 0 radical (unpaired) electrons. The number of rotatable bonds is 0. The topological polar surface area (TPSA) is 46.9 Å². The Bertz CT molecular complexity index is 359. The number of aromatic nitrogens is 2. The largest absolute Gasteiger partial charge is 0.351 e. The normalized spacial score (nSPS) is 16.3. The molecule has 5 heteroatoms. The number of carbonyl (C=O) groups excluding carboxylic acids is 1. The third-order valence-electron chi connectivity index (χ3n) is 2.10. The minimum Gasteiger partial charge on any atom is -0.351 e. The summed E-state index contributed by atoms with van der Waals surface area (Å²) in [6.45, 7) is 3.42. The van der Waals surface area contributed by atoms with Crippen LogP contribution >= 0.6 is 15.9 Å². The number of nitrogens with zero attached hydrogens (tertiary/aromatic N) is 2. The number of hydrogen-bond acceptors (Lipinski definition) is 2. The fourth-order valence-corrected chi connectivity index (χ4v) is 1.92. The highest BCUT2D eigenvalue weighted by Gasteiger charge is 2.21. The number of fused-ring (bicyclic) bond motifs is 1. The zero-order chi connectivity index (χ0) is 9.42. The summed E-state index contributed by atoms with van der Waals surface area (Å²) in [4.78, 5) is 11.5. The average molecular weight is 244 g/mol. The molecule has 1 aromatic heterocycles. The van der Waals surface area contributed by atoms with Crippen molar-refractivity contribution in [3.8, 4) is 0 Å². The monoisotopic (exact) mass is 243 g/mol. The molecule has 0 unspecified atom stereocenters. The van der Waals surface area contributed by atoms with Crippen LogP contribution < -0.4 is 5.32 Å². The van der Waals surface area contributed by atoms with Crippen LogP contribution in [0.4, 0.5) is 0 Å². The van der Waals surface area contributed by atoms with Gasteiger partial charge in [0.25, 0.3) is 5.91 Å². The first-order chi connectivity index (χ1) is 6.20. The summed E-state index contributed by atoms with van der Waals surface area (Å²) < 4.78 is 2.58. The van der Waals surface area contributed by atoms with Crippen molar-refractivity contribution in [3.05, 3.63) is 15.9 Å². The minimum absolute atomic E-state index is 0.0371. The minimum atomic E-state index is -0.0371. The smallest absolute Gasteiger partial charge is 0.270 e. The molecule has 0 atom stereocenters. The van der Waals surface area contributed by atoms with Crippen LogP contribution in [0.5, 0.6) is 0 Å². The molecule has 0 saturated heterocycles. The highest BCUT2D eigenvalue weighted by molar-refractivity contribution is 9.10. The predicted molar refractivity (Wildman–Crippen MR) is 51.6 cm³/mol. The molecule has 1 aromatic rings. The van der Waals surface area contributed by atoms with Crippen LogP contribution in [0.25, 0.3) is 0 Å². The van der Waals surface area contributed by atoms with E-state index in [1.165, 1.54) is 0 Å². The average Bonchev–Trinajstić information content (AvgIpc) is 2.29. The van der Waals surface area contributed by atoms with Crippen LogP contribution in [0.2, 0.25) is 0 Å². The van der Waals surface area contributed by atoms with Crippen molar-refractivity contribution in [3.63, 3.8) is 0 Å². The summed E-state index contributed by atoms with van der Waals surface area (Å²) in [5.74, 6) is -0.0371. The summed E-state index contributed by atoms with van der Waals surface area (Å²) in [5, 5.41) is 7.10. The van der Waals surface area contributed by atoms with Crippen molar-refractivity contribution in [2.75, 3.05) is 6.54 Å². The predicted octanol–water partition coefficient (Wildman–Crippen LogP) is 1.09. The summed E-state index contributed by atoms with van der Waals surface area (Å²) in [7, 11) is 0. The third-order valence-corrected chi connectivity index (χ3v) is 3.05. The standard InChI is InChI=1S/C8H10BrN3O/c1-5-6(9)7-8(13)10-3-2-4-12(7)11-5/h2-4H2,1H3,(H,10,13). The van der Waals surface area contributed by atoms with Gasteiger partial charge in [0.2, 0.25) is 0 Å². The van der Waals surface area contributed by atoms with Crippen molar-refractivity contribution < 1.29 is 4.79 Å². The SMILES string of the molecule is Cc1nn2c(c1Br)C(=O)NCCC2. The van der Waals surface area contributed by atoms with Gasteiger partial charge in [-0.25, -0.2) is 0 Å². The number of aryl methyl sites for hydroxylation is 2. The van der Waals surface area contributed by atoms with E-state index in [-0.39, 0.29) is 5.91 Å². The van der Waals surface area contributed by atoms with Gasteiger partial charge in [-0.1, -0.05) is 0 Å². The molecule has 0 fully saturated rings. The zero-order valence-corrected chi connectivity index (χ0v) is 8.89. The Morgan fingerprint density at radius 1 is 1.62 bits per heavy atom. The van der Waals surface area contributed by atoms with Crippen molar-refractivity contribution in [1.82, 2.24) is 15.1 Å². The van der Waals surface area contributed by atoms with Crippen molar-refractivity contribution >= 4 is 21.8 Å². The summed E-state index contributed by atoms with van der Waals surface area (Å²) in [6, 6.07) is 0. The molecule has 1 N–H and O–H groups in total. The van der Waals surface area contributed by atoms with E-state index in [4.69, 9.17) is 0 Å². The molecule has 0 aliphatic carbocycles. The Labute approximate surface area is 84.4 Å². The molecule has 13 heavy (non-hydrogen) atoms. The summed E-state index contributed by atoms with van der Waals surface area (Å²) in [6.07, 6.45) is 0.937. The fourth-order valence-electron chi connectivity index (χ4n) is 1.45. The van der Waals surface area contributed by atoms with Gasteiger partial charge >= 0.3 is 0 Å². The Morgan fingerprint density at radius 3 is 3.15 bits per heavy atom. The second-order valence-corrected chi connectivity index (χ2v) is 3.87. The molecule has 0 spiro atoms. The van der Waals surface area contributed by atoms with E-state index in [1.54, 1.807) is 4.68 Å². The Balaban J connectivity index is 2.54. The molecule has 0 aromatic carbocycles. The quantitative estimate of drug-likeness (QED) is 0.742. The van der Waals surface area contributed by atoms with E-state index in [1.807, 2.05) is 6.92 Å². The maximum atomic E-state index is 11.5. The van der Waals surface area contributed by atoms with Crippen LogP contribution in [0.15, 0.2) is 4.47 Å². The Kier molecular flexibility index (Phi) is 2.11. The number of hydrogen-bond donors (Lipinski definition) is 1. The molecule has 1 aliphatic heterocycles. The van der Waals surface area contributed by atoms with E-state index in [0.29, 0.717) is 5.69 Å². The van der Waals surface area contributed by atoms with Crippen LogP contribution in [0.3, 0.4) is 0 Å². The van der Waals surface area contributed by atoms with Crippen LogP contribution in [-0.4, -0.2) is 22.2 Å². The van der Waals surface area contributed by atoms with Gasteiger partial charge in [0.15, 0.2) is 0 Å². The van der Waals surface area contributed by atoms with Crippen LogP contribution in [0, 0.1) is 6.92 Å². The first kappa shape index (κ1) is 8.74. The van der Waals surface area contributed by atoms with Gasteiger partial charge in [-0.2, -0.15) is 5.10 Å². The number of nitrogens with one attached hydrogen (secondary N) is 1. The van der Waals surface area contributed by atoms with Gasteiger partial charge in [-0.15, -0.1) is 0 Å². The molecule has 70 valence electrons. The molecule has 1 aliphatic rings. The Hall–Kier alpha value is -0.840. The molecule has 0 bridgehead atoms. The van der Waals surface area contributed by atoms with Gasteiger partial charge in [0.1, 0.15) is 5.69 Å². The lowest BCUT2D eigenvalue weighted by molar-refractivity contribution is 0.0949. The van der Waals surface area contributed by atoms with Gasteiger partial charge in [0.05, 0.1) is 10.2 Å². The van der Waals surface area contributed by atoms with Crippen molar-refractivity contribution in [2.45, 2.75) is 19.9 Å². The highest BCUT2D eigenvalue weighted by atomic mass is 79.9. The lowest BCUT2D eigenvalue weighted by Crippen LogP contribution is -2.23. The van der Waals surface area contributed by atoms with Gasteiger partial charge in [-0.3, -0.25) is 9.48 Å². The Morgan fingerprint density at radius 2 is 2.38 bits per heavy atom. The number of halogens is 1. The molecule has 2 heterocycles. The van der Waals surface area contributed by atoms with E-state index < -0.39 is 0 Å². The molecule has 1 amide bonds. The zero-order valence-electron chi connectivity index (χ0n) is 7.30. The van der Waals surface area contributed by atoms with E-state index in [2.05, 4.69) is 26.3 Å². The fraction of sp³-hybridized carbons (Fsp3) is 0.500. The maximum Gasteiger partial charge on any atom is 0.270 e. The van der Waals surface area contributed by atoms with E-state index >= 15 is 0 Å². The lowest BCUT2D eigenvalue weighted by Gasteiger charge is -1.99. The maximum absolute atomic E-state index is 11.5. The number of carbonyl (C=O) groups is 1. The highest BCUT2D eigenvalue weighted by Crippen LogP contribution is 2.21.